The highest BCUT2D eigenvalue weighted by atomic mass is 32.2. The number of fused-ring (bicyclic) bond motifs is 2. The third-order valence-electron chi connectivity index (χ3n) is 4.93. The summed E-state index contributed by atoms with van der Waals surface area (Å²) in [4.78, 5) is 20.6. The van der Waals surface area contributed by atoms with Gasteiger partial charge in [-0.3, -0.25) is 4.79 Å². The molecule has 1 aromatic heterocycles. The number of aryl methyl sites for hydroxylation is 1. The van der Waals surface area contributed by atoms with Gasteiger partial charge in [-0.15, -0.1) is 0 Å². The molecule has 0 aromatic carbocycles. The molecule has 1 amide bonds. The van der Waals surface area contributed by atoms with E-state index in [9.17, 15) is 4.79 Å². The quantitative estimate of drug-likeness (QED) is 0.671. The highest BCUT2D eigenvalue weighted by Crippen LogP contribution is 2.49. The average molecular weight is 305 g/mol. The Morgan fingerprint density at radius 3 is 3.00 bits per heavy atom. The van der Waals surface area contributed by atoms with Gasteiger partial charge in [0.2, 0.25) is 5.91 Å². The molecule has 0 unspecified atom stereocenters. The van der Waals surface area contributed by atoms with Gasteiger partial charge in [-0.25, -0.2) is 9.97 Å². The second kappa shape index (κ2) is 6.34. The first-order valence-electron chi connectivity index (χ1n) is 7.83. The summed E-state index contributed by atoms with van der Waals surface area (Å²) in [6.45, 7) is 4.10. The van der Waals surface area contributed by atoms with E-state index in [1.165, 1.54) is 37.4 Å². The van der Waals surface area contributed by atoms with Gasteiger partial charge < -0.3 is 5.32 Å². The summed E-state index contributed by atoms with van der Waals surface area (Å²) < 4.78 is 0. The fourth-order valence-corrected chi connectivity index (χ4v) is 4.62. The van der Waals surface area contributed by atoms with Crippen LogP contribution in [0.1, 0.15) is 38.3 Å². The van der Waals surface area contributed by atoms with Crippen LogP contribution in [0.15, 0.2) is 17.4 Å². The van der Waals surface area contributed by atoms with E-state index in [4.69, 9.17) is 0 Å². The van der Waals surface area contributed by atoms with Crippen LogP contribution in [0.4, 0.5) is 0 Å². The number of nitrogens with zero attached hydrogens (tertiary/aromatic N) is 2. The lowest BCUT2D eigenvalue weighted by atomic mass is 9.84. The third kappa shape index (κ3) is 3.57. The molecule has 21 heavy (non-hydrogen) atoms. The first-order valence-corrected chi connectivity index (χ1v) is 8.82. The van der Waals surface area contributed by atoms with Gasteiger partial charge in [0.25, 0.3) is 0 Å². The third-order valence-corrected chi connectivity index (χ3v) is 5.79. The van der Waals surface area contributed by atoms with Crippen molar-refractivity contribution < 1.29 is 4.79 Å². The van der Waals surface area contributed by atoms with Gasteiger partial charge in [-0.05, 0) is 56.9 Å². The zero-order valence-corrected chi connectivity index (χ0v) is 13.5. The van der Waals surface area contributed by atoms with Crippen LogP contribution < -0.4 is 5.32 Å². The summed E-state index contributed by atoms with van der Waals surface area (Å²) in [5.74, 6) is 2.95. The Morgan fingerprint density at radius 2 is 2.33 bits per heavy atom. The van der Waals surface area contributed by atoms with Gasteiger partial charge in [0.15, 0.2) is 5.16 Å². The lowest BCUT2D eigenvalue weighted by molar-refractivity contribution is -0.119. The smallest absolute Gasteiger partial charge is 0.230 e. The first-order chi connectivity index (χ1) is 10.1. The monoisotopic (exact) mass is 305 g/mol. The van der Waals surface area contributed by atoms with Crippen LogP contribution in [0.25, 0.3) is 0 Å². The Bertz CT molecular complexity index is 522. The minimum absolute atomic E-state index is 0.0976. The maximum absolute atomic E-state index is 12.1. The molecule has 2 saturated carbocycles. The van der Waals surface area contributed by atoms with Crippen molar-refractivity contribution in [3.8, 4) is 0 Å². The lowest BCUT2D eigenvalue weighted by Crippen LogP contribution is -2.40. The number of amides is 1. The molecule has 4 nitrogen and oxygen atoms in total. The number of rotatable bonds is 5. The Morgan fingerprint density at radius 1 is 1.48 bits per heavy atom. The van der Waals surface area contributed by atoms with Crippen molar-refractivity contribution in [2.45, 2.75) is 50.7 Å². The number of thioether (sulfide) groups is 1. The van der Waals surface area contributed by atoms with E-state index in [1.807, 2.05) is 13.0 Å². The van der Waals surface area contributed by atoms with Crippen molar-refractivity contribution in [2.75, 3.05) is 5.75 Å². The number of carbonyl (C=O) groups is 1. The van der Waals surface area contributed by atoms with E-state index < -0.39 is 0 Å². The summed E-state index contributed by atoms with van der Waals surface area (Å²) >= 11 is 1.41. The molecule has 1 heterocycles. The van der Waals surface area contributed by atoms with E-state index in [0.717, 1.165) is 17.5 Å². The molecule has 0 aliphatic heterocycles. The van der Waals surface area contributed by atoms with Crippen molar-refractivity contribution in [2.24, 2.45) is 17.8 Å². The van der Waals surface area contributed by atoms with Crippen LogP contribution in [0.2, 0.25) is 0 Å². The summed E-state index contributed by atoms with van der Waals surface area (Å²) in [6, 6.07) is 2.16. The van der Waals surface area contributed by atoms with E-state index in [1.54, 1.807) is 6.20 Å². The van der Waals surface area contributed by atoms with E-state index in [0.29, 0.717) is 22.9 Å². The topological polar surface area (TPSA) is 54.9 Å². The van der Waals surface area contributed by atoms with Gasteiger partial charge >= 0.3 is 0 Å². The molecule has 0 radical (unpaired) electrons. The SMILES string of the molecule is Cc1ccnc(SCC(=O)N[C@@H](C)[C@@H]2C[C@H]3CC[C@H]2C3)n1. The molecule has 114 valence electrons. The molecule has 4 atom stereocenters. The van der Waals surface area contributed by atoms with Crippen molar-refractivity contribution >= 4 is 17.7 Å². The largest absolute Gasteiger partial charge is 0.353 e. The fraction of sp³-hybridized carbons (Fsp3) is 0.688. The van der Waals surface area contributed by atoms with Crippen LogP contribution in [0.5, 0.6) is 0 Å². The zero-order valence-electron chi connectivity index (χ0n) is 12.7. The number of carbonyl (C=O) groups excluding carboxylic acids is 1. The summed E-state index contributed by atoms with van der Waals surface area (Å²) in [6.07, 6.45) is 7.20. The maximum Gasteiger partial charge on any atom is 0.230 e. The number of hydrogen-bond acceptors (Lipinski definition) is 4. The second-order valence-corrected chi connectivity index (χ2v) is 7.41. The molecule has 5 heteroatoms. The molecule has 1 N–H and O–H groups in total. The van der Waals surface area contributed by atoms with Gasteiger partial charge in [-0.2, -0.15) is 0 Å². The Labute approximate surface area is 130 Å². The molecule has 2 aliphatic rings. The minimum Gasteiger partial charge on any atom is -0.353 e. The fourth-order valence-electron chi connectivity index (χ4n) is 3.93. The predicted octanol–water partition coefficient (Wildman–Crippen LogP) is 2.82. The van der Waals surface area contributed by atoms with Crippen molar-refractivity contribution in [1.29, 1.82) is 0 Å². The van der Waals surface area contributed by atoms with Gasteiger partial charge in [-0.1, -0.05) is 18.2 Å². The van der Waals surface area contributed by atoms with Crippen LogP contribution >= 0.6 is 11.8 Å². The molecule has 2 bridgehead atoms. The zero-order chi connectivity index (χ0) is 14.8. The average Bonchev–Trinajstić information content (AvgIpc) is 3.08. The Balaban J connectivity index is 1.46. The molecular weight excluding hydrogens is 282 g/mol. The molecular formula is C16H23N3OS. The van der Waals surface area contributed by atoms with Gasteiger partial charge in [0.1, 0.15) is 0 Å². The summed E-state index contributed by atoms with van der Waals surface area (Å²) in [5.41, 5.74) is 0.934. The molecule has 0 saturated heterocycles. The van der Waals surface area contributed by atoms with E-state index >= 15 is 0 Å². The normalized spacial score (nSPS) is 28.6. The van der Waals surface area contributed by atoms with E-state index in [-0.39, 0.29) is 5.91 Å². The van der Waals surface area contributed by atoms with Crippen LogP contribution in [0.3, 0.4) is 0 Å². The van der Waals surface area contributed by atoms with Crippen LogP contribution in [-0.4, -0.2) is 27.7 Å². The number of nitrogens with one attached hydrogen (secondary N) is 1. The number of aromatic nitrogens is 2. The maximum atomic E-state index is 12.1. The summed E-state index contributed by atoms with van der Waals surface area (Å²) in [7, 11) is 0. The first kappa shape index (κ1) is 14.8. The van der Waals surface area contributed by atoms with Gasteiger partial charge in [0.05, 0.1) is 5.75 Å². The lowest BCUT2D eigenvalue weighted by Gasteiger charge is -2.28. The molecule has 0 spiro atoms. The molecule has 3 rings (SSSR count). The summed E-state index contributed by atoms with van der Waals surface area (Å²) in [5, 5.41) is 3.85. The Kier molecular flexibility index (Phi) is 4.48. The second-order valence-electron chi connectivity index (χ2n) is 6.46. The predicted molar refractivity (Wildman–Crippen MR) is 84.0 cm³/mol. The minimum atomic E-state index is 0.0976. The Hall–Kier alpha value is -1.10. The standard InChI is InChI=1S/C16H23N3OS/c1-10-5-6-17-16(18-10)21-9-15(20)19-11(2)14-8-12-3-4-13(14)7-12/h5-6,11-14H,3-4,7-9H2,1-2H3,(H,19,20)/t11-,12-,13-,14-/m0/s1. The van der Waals surface area contributed by atoms with Crippen molar-refractivity contribution in [3.63, 3.8) is 0 Å². The highest BCUT2D eigenvalue weighted by molar-refractivity contribution is 7.99. The van der Waals surface area contributed by atoms with Crippen molar-refractivity contribution in [1.82, 2.24) is 15.3 Å². The molecule has 1 aromatic rings. The van der Waals surface area contributed by atoms with Crippen molar-refractivity contribution in [3.05, 3.63) is 18.0 Å². The molecule has 2 fully saturated rings. The highest BCUT2D eigenvalue weighted by Gasteiger charge is 2.42. The van der Waals surface area contributed by atoms with Gasteiger partial charge in [0, 0.05) is 17.9 Å². The van der Waals surface area contributed by atoms with E-state index in [2.05, 4.69) is 22.2 Å². The number of hydrogen-bond donors (Lipinski definition) is 1. The van der Waals surface area contributed by atoms with Crippen LogP contribution in [-0.2, 0) is 4.79 Å². The van der Waals surface area contributed by atoms with Crippen LogP contribution in [0, 0.1) is 24.7 Å². The molecule has 2 aliphatic carbocycles.